The van der Waals surface area contributed by atoms with Crippen LogP contribution in [0.4, 0.5) is 0 Å². The van der Waals surface area contributed by atoms with Crippen molar-refractivity contribution >= 4 is 5.97 Å². The molecule has 7 heteroatoms. The van der Waals surface area contributed by atoms with Crippen LogP contribution in [-0.4, -0.2) is 46.4 Å². The molecule has 1 aliphatic heterocycles. The molecular formula is C24H44O7. The molecule has 1 heterocycles. The molecule has 0 bridgehead atoms. The Morgan fingerprint density at radius 2 is 1.45 bits per heavy atom. The van der Waals surface area contributed by atoms with Gasteiger partial charge in [0.05, 0.1) is 13.2 Å². The van der Waals surface area contributed by atoms with Crippen LogP contribution in [-0.2, 0) is 19.2 Å². The molecular weight excluding hydrogens is 400 g/mol. The summed E-state index contributed by atoms with van der Waals surface area (Å²) in [5.41, 5.74) is -1.64. The second-order valence-corrected chi connectivity index (χ2v) is 9.06. The molecule has 0 aromatic heterocycles. The van der Waals surface area contributed by atoms with E-state index in [1.165, 1.54) is 57.8 Å². The molecule has 0 saturated heterocycles. The molecule has 0 radical (unpaired) electrons. The Morgan fingerprint density at radius 3 is 1.90 bits per heavy atom. The van der Waals surface area contributed by atoms with Crippen LogP contribution in [0.2, 0.25) is 0 Å². The van der Waals surface area contributed by atoms with Crippen LogP contribution in [0.5, 0.6) is 0 Å². The maximum absolute atomic E-state index is 12.3. The number of carbonyl (C=O) groups is 1. The van der Waals surface area contributed by atoms with Crippen LogP contribution in [0.25, 0.3) is 0 Å². The average molecular weight is 445 g/mol. The van der Waals surface area contributed by atoms with Gasteiger partial charge in [-0.1, -0.05) is 91.4 Å². The van der Waals surface area contributed by atoms with Crippen LogP contribution in [0, 0.1) is 5.92 Å². The molecule has 0 unspecified atom stereocenters. The third kappa shape index (κ3) is 8.99. The summed E-state index contributed by atoms with van der Waals surface area (Å²) < 4.78 is 10.9. The van der Waals surface area contributed by atoms with Crippen molar-refractivity contribution in [3.63, 3.8) is 0 Å². The maximum Gasteiger partial charge on any atom is 0.378 e. The quantitative estimate of drug-likeness (QED) is 0.110. The second kappa shape index (κ2) is 15.5. The van der Waals surface area contributed by atoms with Crippen molar-refractivity contribution in [2.24, 2.45) is 5.92 Å². The van der Waals surface area contributed by atoms with Crippen LogP contribution < -0.4 is 0 Å². The maximum atomic E-state index is 12.3. The van der Waals surface area contributed by atoms with Gasteiger partial charge in [-0.3, -0.25) is 0 Å². The highest BCUT2D eigenvalue weighted by molar-refractivity contribution is 5.90. The summed E-state index contributed by atoms with van der Waals surface area (Å²) in [6, 6.07) is 0. The van der Waals surface area contributed by atoms with Gasteiger partial charge in [-0.2, -0.15) is 0 Å². The summed E-state index contributed by atoms with van der Waals surface area (Å²) in [4.78, 5) is 16.8. The summed E-state index contributed by atoms with van der Waals surface area (Å²) in [6.07, 6.45) is 13.4. The van der Waals surface area contributed by atoms with Crippen LogP contribution in [0.1, 0.15) is 104 Å². The number of aliphatic hydroxyl groups excluding tert-OH is 2. The van der Waals surface area contributed by atoms with E-state index in [1.807, 2.05) is 13.8 Å². The summed E-state index contributed by atoms with van der Waals surface area (Å²) in [6.45, 7) is 5.64. The van der Waals surface area contributed by atoms with Crippen LogP contribution >= 0.6 is 0 Å². The molecule has 0 aliphatic carbocycles. The largest absolute Gasteiger partial charge is 0.484 e. The molecule has 0 fully saturated rings. The molecule has 1 aliphatic rings. The Balaban J connectivity index is 2.36. The van der Waals surface area contributed by atoms with Crippen molar-refractivity contribution in [2.75, 3.05) is 13.2 Å². The van der Waals surface area contributed by atoms with Crippen molar-refractivity contribution in [1.29, 1.82) is 0 Å². The number of cyclic esters (lactones) is 1. The van der Waals surface area contributed by atoms with E-state index >= 15 is 0 Å². The van der Waals surface area contributed by atoms with E-state index in [9.17, 15) is 20.3 Å². The fraction of sp³-hybridized carbons (Fsp3) is 0.875. The van der Waals surface area contributed by atoms with E-state index in [0.717, 1.165) is 19.3 Å². The molecule has 1 rings (SSSR count). The third-order valence-electron chi connectivity index (χ3n) is 5.81. The van der Waals surface area contributed by atoms with Crippen molar-refractivity contribution in [2.45, 2.75) is 116 Å². The van der Waals surface area contributed by atoms with E-state index in [2.05, 4.69) is 11.8 Å². The summed E-state index contributed by atoms with van der Waals surface area (Å²) in [7, 11) is 0. The number of carbonyl (C=O) groups excluding carboxylic acids is 1. The van der Waals surface area contributed by atoms with Gasteiger partial charge in [0.1, 0.15) is 6.10 Å². The first-order valence-electron chi connectivity index (χ1n) is 12.1. The highest BCUT2D eigenvalue weighted by Crippen LogP contribution is 2.41. The number of hydrogen-bond donors (Lipinski definition) is 3. The molecule has 2 atom stereocenters. The second-order valence-electron chi connectivity index (χ2n) is 9.06. The number of unbranched alkanes of at least 4 members (excludes halogenated alkanes) is 11. The number of ether oxygens (including phenoxy) is 2. The van der Waals surface area contributed by atoms with E-state index in [4.69, 9.17) is 9.47 Å². The van der Waals surface area contributed by atoms with Crippen LogP contribution in [0.15, 0.2) is 11.5 Å². The first-order chi connectivity index (χ1) is 14.9. The van der Waals surface area contributed by atoms with Gasteiger partial charge in [0.15, 0.2) is 0 Å². The zero-order chi connectivity index (χ0) is 23.1. The Labute approximate surface area is 187 Å². The van der Waals surface area contributed by atoms with E-state index in [-0.39, 0.29) is 23.9 Å². The Hall–Kier alpha value is -1.31. The lowest BCUT2D eigenvalue weighted by Gasteiger charge is -2.33. The fourth-order valence-corrected chi connectivity index (χ4v) is 4.15. The zero-order valence-electron chi connectivity index (χ0n) is 19.7. The van der Waals surface area contributed by atoms with Gasteiger partial charge in [0, 0.05) is 0 Å². The lowest BCUT2D eigenvalue weighted by molar-refractivity contribution is -0.241. The molecule has 0 spiro atoms. The predicted molar refractivity (Wildman–Crippen MR) is 119 cm³/mol. The predicted octanol–water partition coefficient (Wildman–Crippen LogP) is 5.10. The van der Waals surface area contributed by atoms with Gasteiger partial charge in [0.2, 0.25) is 11.4 Å². The van der Waals surface area contributed by atoms with Crippen molar-refractivity contribution in [1.82, 2.24) is 0 Å². The highest BCUT2D eigenvalue weighted by atomic mass is 17.1. The fourth-order valence-electron chi connectivity index (χ4n) is 4.15. The first-order valence-corrected chi connectivity index (χ1v) is 12.1. The Morgan fingerprint density at radius 1 is 0.935 bits per heavy atom. The lowest BCUT2D eigenvalue weighted by atomic mass is 9.86. The minimum absolute atomic E-state index is 0.00911. The molecule has 0 amide bonds. The monoisotopic (exact) mass is 444 g/mol. The third-order valence-corrected chi connectivity index (χ3v) is 5.81. The Bertz CT molecular complexity index is 532. The minimum atomic E-state index is -1.64. The average Bonchev–Trinajstić information content (AvgIpc) is 3.01. The summed E-state index contributed by atoms with van der Waals surface area (Å²) in [5.74, 6) is -1.27. The first kappa shape index (κ1) is 27.7. The normalized spacial score (nSPS) is 19.8. The minimum Gasteiger partial charge on any atom is -0.484 e. The van der Waals surface area contributed by atoms with Crippen molar-refractivity contribution < 1.29 is 34.6 Å². The van der Waals surface area contributed by atoms with Gasteiger partial charge >= 0.3 is 5.97 Å². The van der Waals surface area contributed by atoms with Crippen molar-refractivity contribution in [3.8, 4) is 0 Å². The van der Waals surface area contributed by atoms with E-state index in [1.54, 1.807) is 0 Å². The molecule has 182 valence electrons. The number of rotatable bonds is 19. The topological polar surface area (TPSA) is 105 Å². The van der Waals surface area contributed by atoms with Crippen LogP contribution in [0.3, 0.4) is 0 Å². The van der Waals surface area contributed by atoms with Gasteiger partial charge in [-0.15, -0.1) is 0 Å². The van der Waals surface area contributed by atoms with Gasteiger partial charge in [-0.25, -0.2) is 10.1 Å². The molecule has 0 saturated carbocycles. The molecule has 0 aromatic carbocycles. The molecule has 7 nitrogen and oxygen atoms in total. The Kier molecular flexibility index (Phi) is 13.8. The van der Waals surface area contributed by atoms with Crippen molar-refractivity contribution in [3.05, 3.63) is 11.5 Å². The highest BCUT2D eigenvalue weighted by Gasteiger charge is 2.56. The zero-order valence-corrected chi connectivity index (χ0v) is 19.7. The molecule has 31 heavy (non-hydrogen) atoms. The van der Waals surface area contributed by atoms with Gasteiger partial charge in [0.25, 0.3) is 5.76 Å². The summed E-state index contributed by atoms with van der Waals surface area (Å²) in [5, 5.41) is 29.1. The summed E-state index contributed by atoms with van der Waals surface area (Å²) >= 11 is 0. The van der Waals surface area contributed by atoms with Gasteiger partial charge < -0.3 is 24.6 Å². The number of aliphatic hydroxyl groups is 2. The number of esters is 1. The number of hydrogen-bond acceptors (Lipinski definition) is 7. The van der Waals surface area contributed by atoms with E-state index in [0.29, 0.717) is 6.61 Å². The standard InChI is InChI=1S/C24H44O7/c1-4-5-6-7-8-9-10-11-12-13-14-15-16-29-21-22(31-28)24(17-19(2)3,20(26)18-25)30-23(21)27/h19-20,25-26,28H,4-18H2,1-3H3/t20-,24+/m0/s1. The van der Waals surface area contributed by atoms with Gasteiger partial charge in [-0.05, 0) is 18.8 Å². The smallest absolute Gasteiger partial charge is 0.378 e. The molecule has 0 aromatic rings. The van der Waals surface area contributed by atoms with E-state index < -0.39 is 24.3 Å². The lowest BCUT2D eigenvalue weighted by Crippen LogP contribution is -2.48. The SMILES string of the molecule is CCCCCCCCCCCCCCOC1=C(OO)[C@@](CC(C)C)([C@@H](O)CO)OC1=O. The molecule has 3 N–H and O–H groups in total.